The van der Waals surface area contributed by atoms with Crippen LogP contribution in [0.3, 0.4) is 0 Å². The number of hydrogen-bond donors (Lipinski definition) is 1. The van der Waals surface area contributed by atoms with Crippen LogP contribution in [0.5, 0.6) is 5.75 Å². The zero-order valence-corrected chi connectivity index (χ0v) is 15.2. The van der Waals surface area contributed by atoms with Gasteiger partial charge in [0.25, 0.3) is 0 Å². The van der Waals surface area contributed by atoms with E-state index in [2.05, 4.69) is 15.5 Å². The lowest BCUT2D eigenvalue weighted by atomic mass is 10.3. The quantitative estimate of drug-likeness (QED) is 0.646. The summed E-state index contributed by atoms with van der Waals surface area (Å²) in [5.41, 5.74) is 0.885. The van der Waals surface area contributed by atoms with Gasteiger partial charge in [0, 0.05) is 11.1 Å². The molecular formula is C17H14ClFN4O2S. The van der Waals surface area contributed by atoms with E-state index in [1.165, 1.54) is 23.9 Å². The van der Waals surface area contributed by atoms with Gasteiger partial charge in [-0.15, -0.1) is 10.2 Å². The number of halogens is 2. The third kappa shape index (κ3) is 4.33. The Morgan fingerprint density at radius 1 is 1.35 bits per heavy atom. The van der Waals surface area contributed by atoms with Crippen molar-refractivity contribution in [2.24, 2.45) is 0 Å². The van der Waals surface area contributed by atoms with Crippen molar-refractivity contribution in [3.05, 3.63) is 59.6 Å². The van der Waals surface area contributed by atoms with Crippen molar-refractivity contribution in [3.63, 3.8) is 0 Å². The van der Waals surface area contributed by atoms with E-state index in [1.54, 1.807) is 18.0 Å². The molecule has 1 aromatic heterocycles. The molecule has 9 heteroatoms. The Kier molecular flexibility index (Phi) is 5.75. The van der Waals surface area contributed by atoms with Crippen molar-refractivity contribution in [1.82, 2.24) is 14.8 Å². The molecule has 1 heterocycles. The van der Waals surface area contributed by atoms with Gasteiger partial charge < -0.3 is 10.1 Å². The van der Waals surface area contributed by atoms with Crippen molar-refractivity contribution in [2.45, 2.75) is 5.16 Å². The molecule has 0 bridgehead atoms. The molecule has 3 rings (SSSR count). The summed E-state index contributed by atoms with van der Waals surface area (Å²) >= 11 is 6.88. The van der Waals surface area contributed by atoms with Crippen LogP contribution in [0.4, 0.5) is 10.1 Å². The van der Waals surface area contributed by atoms with Crippen molar-refractivity contribution in [3.8, 4) is 11.4 Å². The molecule has 3 aromatic rings. The van der Waals surface area contributed by atoms with Gasteiger partial charge in [0.2, 0.25) is 5.91 Å². The number of aromatic nitrogens is 3. The van der Waals surface area contributed by atoms with Crippen LogP contribution in [0.2, 0.25) is 5.02 Å². The number of benzene rings is 2. The maximum Gasteiger partial charge on any atom is 0.234 e. The highest BCUT2D eigenvalue weighted by Crippen LogP contribution is 2.23. The highest BCUT2D eigenvalue weighted by atomic mass is 35.5. The number of amides is 1. The van der Waals surface area contributed by atoms with Gasteiger partial charge in [-0.25, -0.2) is 4.39 Å². The summed E-state index contributed by atoms with van der Waals surface area (Å²) in [6, 6.07) is 11.4. The number of hydrogen-bond acceptors (Lipinski definition) is 5. The summed E-state index contributed by atoms with van der Waals surface area (Å²) in [5.74, 6) is -0.208. The molecule has 0 radical (unpaired) electrons. The fourth-order valence-corrected chi connectivity index (χ4v) is 3.06. The zero-order chi connectivity index (χ0) is 18.5. The second-order valence-corrected chi connectivity index (χ2v) is 6.52. The smallest absolute Gasteiger partial charge is 0.234 e. The Balaban J connectivity index is 1.67. The van der Waals surface area contributed by atoms with Crippen LogP contribution in [-0.4, -0.2) is 33.5 Å². The normalized spacial score (nSPS) is 10.6. The first-order chi connectivity index (χ1) is 12.6. The first-order valence-corrected chi connectivity index (χ1v) is 8.85. The molecule has 0 saturated carbocycles. The number of carbonyl (C=O) groups excluding carboxylic acids is 1. The number of thioether (sulfide) groups is 1. The predicted molar refractivity (Wildman–Crippen MR) is 98.7 cm³/mol. The van der Waals surface area contributed by atoms with Crippen LogP contribution in [0.25, 0.3) is 5.69 Å². The molecule has 0 aliphatic carbocycles. The molecule has 1 N–H and O–H groups in total. The van der Waals surface area contributed by atoms with Gasteiger partial charge in [-0.05, 0) is 30.3 Å². The summed E-state index contributed by atoms with van der Waals surface area (Å²) in [6.07, 6.45) is 1.55. The number of anilines is 1. The first kappa shape index (κ1) is 18.2. The number of carbonyl (C=O) groups is 1. The monoisotopic (exact) mass is 392 g/mol. The largest absolute Gasteiger partial charge is 0.497 e. The molecule has 134 valence electrons. The molecule has 0 spiro atoms. The average Bonchev–Trinajstić information content (AvgIpc) is 3.11. The minimum absolute atomic E-state index is 0.0464. The van der Waals surface area contributed by atoms with Gasteiger partial charge in [-0.3, -0.25) is 9.36 Å². The standard InChI is InChI=1S/C17H14ClFN4O2S/c1-25-13-4-2-3-12(8-13)23-10-20-22-17(23)26-9-16(24)21-15-6-5-11(18)7-14(15)19/h2-8,10H,9H2,1H3,(H,21,24). The molecule has 1 amide bonds. The van der Waals surface area contributed by atoms with Crippen LogP contribution in [-0.2, 0) is 4.79 Å². The average molecular weight is 393 g/mol. The van der Waals surface area contributed by atoms with E-state index in [0.717, 1.165) is 11.8 Å². The Morgan fingerprint density at radius 3 is 2.96 bits per heavy atom. The Morgan fingerprint density at radius 2 is 2.19 bits per heavy atom. The highest BCUT2D eigenvalue weighted by molar-refractivity contribution is 7.99. The van der Waals surface area contributed by atoms with E-state index >= 15 is 0 Å². The number of nitrogens with zero attached hydrogens (tertiary/aromatic N) is 3. The van der Waals surface area contributed by atoms with Crippen LogP contribution >= 0.6 is 23.4 Å². The molecular weight excluding hydrogens is 379 g/mol. The fourth-order valence-electron chi connectivity index (χ4n) is 2.17. The Bertz CT molecular complexity index is 935. The zero-order valence-electron chi connectivity index (χ0n) is 13.6. The predicted octanol–water partition coefficient (Wildman–Crippen LogP) is 3.80. The topological polar surface area (TPSA) is 69.0 Å². The van der Waals surface area contributed by atoms with Gasteiger partial charge in [0.05, 0.1) is 24.2 Å². The summed E-state index contributed by atoms with van der Waals surface area (Å²) in [7, 11) is 1.58. The van der Waals surface area contributed by atoms with Gasteiger partial charge in [-0.2, -0.15) is 0 Å². The lowest BCUT2D eigenvalue weighted by Gasteiger charge is -2.09. The van der Waals surface area contributed by atoms with Gasteiger partial charge in [-0.1, -0.05) is 29.4 Å². The number of nitrogens with one attached hydrogen (secondary N) is 1. The van der Waals surface area contributed by atoms with Crippen molar-refractivity contribution >= 4 is 35.0 Å². The number of rotatable bonds is 6. The first-order valence-electron chi connectivity index (χ1n) is 7.49. The van der Waals surface area contributed by atoms with E-state index in [9.17, 15) is 9.18 Å². The van der Waals surface area contributed by atoms with Gasteiger partial charge in [0.15, 0.2) is 5.16 Å². The van der Waals surface area contributed by atoms with Gasteiger partial charge in [0.1, 0.15) is 17.9 Å². The Labute approximate surface area is 158 Å². The molecule has 0 atom stereocenters. The van der Waals surface area contributed by atoms with Crippen LogP contribution in [0, 0.1) is 5.82 Å². The van der Waals surface area contributed by atoms with Crippen LogP contribution in [0.15, 0.2) is 53.9 Å². The van der Waals surface area contributed by atoms with Crippen LogP contribution in [0.1, 0.15) is 0 Å². The van der Waals surface area contributed by atoms with Crippen molar-refractivity contribution in [2.75, 3.05) is 18.2 Å². The van der Waals surface area contributed by atoms with E-state index in [1.807, 2.05) is 24.3 Å². The summed E-state index contributed by atoms with van der Waals surface area (Å²) in [6.45, 7) is 0. The fraction of sp³-hybridized carbons (Fsp3) is 0.118. The minimum Gasteiger partial charge on any atom is -0.497 e. The molecule has 0 aliphatic rings. The second kappa shape index (κ2) is 8.20. The number of methoxy groups -OCH3 is 1. The molecule has 0 unspecified atom stereocenters. The van der Waals surface area contributed by atoms with E-state index in [-0.39, 0.29) is 22.4 Å². The lowest BCUT2D eigenvalue weighted by Crippen LogP contribution is -2.15. The molecule has 0 fully saturated rings. The summed E-state index contributed by atoms with van der Waals surface area (Å²) in [5, 5.41) is 11.2. The maximum atomic E-state index is 13.7. The molecule has 0 saturated heterocycles. The maximum absolute atomic E-state index is 13.7. The van der Waals surface area contributed by atoms with Crippen molar-refractivity contribution in [1.29, 1.82) is 0 Å². The molecule has 0 aliphatic heterocycles. The number of ether oxygens (including phenoxy) is 1. The Hall–Kier alpha value is -2.58. The van der Waals surface area contributed by atoms with Crippen LogP contribution < -0.4 is 10.1 Å². The minimum atomic E-state index is -0.588. The SMILES string of the molecule is COc1cccc(-n2cnnc2SCC(=O)Nc2ccc(Cl)cc2F)c1. The molecule has 26 heavy (non-hydrogen) atoms. The van der Waals surface area contributed by atoms with E-state index < -0.39 is 5.82 Å². The van der Waals surface area contributed by atoms with Gasteiger partial charge >= 0.3 is 0 Å². The molecule has 2 aromatic carbocycles. The summed E-state index contributed by atoms with van der Waals surface area (Å²) in [4.78, 5) is 12.1. The lowest BCUT2D eigenvalue weighted by molar-refractivity contribution is -0.113. The second-order valence-electron chi connectivity index (χ2n) is 5.15. The third-order valence-corrected chi connectivity index (χ3v) is 4.56. The third-order valence-electron chi connectivity index (χ3n) is 3.39. The van der Waals surface area contributed by atoms with Crippen molar-refractivity contribution < 1.29 is 13.9 Å². The van der Waals surface area contributed by atoms with E-state index in [4.69, 9.17) is 16.3 Å². The summed E-state index contributed by atoms with van der Waals surface area (Å²) < 4.78 is 20.7. The van der Waals surface area contributed by atoms with E-state index in [0.29, 0.717) is 10.9 Å². The molecule has 6 nitrogen and oxygen atoms in total. The highest BCUT2D eigenvalue weighted by Gasteiger charge is 2.12.